The SMILES string of the molecule is O=[N+]([O-])c1c(Nc2ccc(OC(F)(F)F)cc2)ncnc1Nc1cccc(Cl)c1Cl. The van der Waals surface area contributed by atoms with E-state index in [2.05, 4.69) is 25.3 Å². The van der Waals surface area contributed by atoms with E-state index in [1.807, 2.05) is 0 Å². The molecule has 0 amide bonds. The van der Waals surface area contributed by atoms with Crippen molar-refractivity contribution in [3.63, 3.8) is 0 Å². The Hall–Kier alpha value is -3.31. The first-order valence-electron chi connectivity index (χ1n) is 7.97. The molecule has 0 fully saturated rings. The van der Waals surface area contributed by atoms with Gasteiger partial charge in [-0.25, -0.2) is 9.97 Å². The summed E-state index contributed by atoms with van der Waals surface area (Å²) in [6, 6.07) is 9.27. The van der Waals surface area contributed by atoms with Gasteiger partial charge < -0.3 is 15.4 Å². The van der Waals surface area contributed by atoms with Crippen LogP contribution >= 0.6 is 23.2 Å². The molecule has 30 heavy (non-hydrogen) atoms. The maximum atomic E-state index is 12.3. The minimum atomic E-state index is -4.83. The number of hydrogen-bond acceptors (Lipinski definition) is 7. The van der Waals surface area contributed by atoms with Gasteiger partial charge in [-0.05, 0) is 36.4 Å². The van der Waals surface area contributed by atoms with E-state index in [1.54, 1.807) is 18.2 Å². The Bertz CT molecular complexity index is 1080. The van der Waals surface area contributed by atoms with Gasteiger partial charge in [0.25, 0.3) is 0 Å². The molecule has 13 heteroatoms. The van der Waals surface area contributed by atoms with E-state index in [0.717, 1.165) is 18.5 Å². The fourth-order valence-electron chi connectivity index (χ4n) is 2.34. The first-order valence-corrected chi connectivity index (χ1v) is 8.73. The molecule has 0 aliphatic heterocycles. The second kappa shape index (κ2) is 8.59. The summed E-state index contributed by atoms with van der Waals surface area (Å²) in [6.07, 6.45) is -3.76. The van der Waals surface area contributed by atoms with Gasteiger partial charge >= 0.3 is 12.0 Å². The topological polar surface area (TPSA) is 102 Å². The van der Waals surface area contributed by atoms with E-state index in [0.29, 0.717) is 0 Å². The van der Waals surface area contributed by atoms with Crippen LogP contribution in [0.15, 0.2) is 48.8 Å². The maximum Gasteiger partial charge on any atom is 0.573 e. The van der Waals surface area contributed by atoms with Gasteiger partial charge in [0.1, 0.15) is 12.1 Å². The number of benzene rings is 2. The van der Waals surface area contributed by atoms with Crippen LogP contribution < -0.4 is 15.4 Å². The molecule has 0 aliphatic carbocycles. The molecule has 1 aromatic heterocycles. The van der Waals surface area contributed by atoms with Gasteiger partial charge in [0.05, 0.1) is 20.7 Å². The molecule has 0 atom stereocenters. The van der Waals surface area contributed by atoms with Gasteiger partial charge in [0.15, 0.2) is 0 Å². The predicted molar refractivity (Wildman–Crippen MR) is 105 cm³/mol. The average Bonchev–Trinajstić information content (AvgIpc) is 2.66. The lowest BCUT2D eigenvalue weighted by Gasteiger charge is -2.12. The van der Waals surface area contributed by atoms with Crippen molar-refractivity contribution in [2.75, 3.05) is 10.6 Å². The van der Waals surface area contributed by atoms with Crippen molar-refractivity contribution in [2.24, 2.45) is 0 Å². The third-order valence-electron chi connectivity index (χ3n) is 3.56. The van der Waals surface area contributed by atoms with Crippen LogP contribution in [-0.2, 0) is 0 Å². The van der Waals surface area contributed by atoms with Crippen molar-refractivity contribution in [2.45, 2.75) is 6.36 Å². The van der Waals surface area contributed by atoms with Crippen LogP contribution in [-0.4, -0.2) is 21.3 Å². The van der Waals surface area contributed by atoms with Crippen LogP contribution in [0.1, 0.15) is 0 Å². The number of halogens is 5. The third kappa shape index (κ3) is 5.19. The maximum absolute atomic E-state index is 12.3. The second-order valence-corrected chi connectivity index (χ2v) is 6.39. The quantitative estimate of drug-likeness (QED) is 0.340. The van der Waals surface area contributed by atoms with E-state index in [1.165, 1.54) is 12.1 Å². The highest BCUT2D eigenvalue weighted by atomic mass is 35.5. The highest BCUT2D eigenvalue weighted by molar-refractivity contribution is 6.43. The Kier molecular flexibility index (Phi) is 6.13. The molecule has 0 bridgehead atoms. The van der Waals surface area contributed by atoms with Crippen LogP contribution in [0.2, 0.25) is 10.0 Å². The summed E-state index contributed by atoms with van der Waals surface area (Å²) in [5.74, 6) is -0.804. The van der Waals surface area contributed by atoms with Gasteiger partial charge in [-0.2, -0.15) is 0 Å². The van der Waals surface area contributed by atoms with Crippen LogP contribution in [0.3, 0.4) is 0 Å². The molecule has 3 rings (SSSR count). The highest BCUT2D eigenvalue weighted by Gasteiger charge is 2.31. The Labute approximate surface area is 176 Å². The minimum absolute atomic E-state index is 0.141. The molecule has 0 saturated carbocycles. The minimum Gasteiger partial charge on any atom is -0.406 e. The van der Waals surface area contributed by atoms with Crippen molar-refractivity contribution >= 4 is 51.9 Å². The Morgan fingerprint density at radius 3 is 2.23 bits per heavy atom. The molecule has 3 aromatic rings. The van der Waals surface area contributed by atoms with Crippen LogP contribution in [0.25, 0.3) is 0 Å². The summed E-state index contributed by atoms with van der Waals surface area (Å²) >= 11 is 12.0. The average molecular weight is 460 g/mol. The zero-order valence-electron chi connectivity index (χ0n) is 14.6. The van der Waals surface area contributed by atoms with Crippen molar-refractivity contribution in [3.05, 3.63) is 69.0 Å². The van der Waals surface area contributed by atoms with E-state index in [4.69, 9.17) is 23.2 Å². The number of nitrogens with one attached hydrogen (secondary N) is 2. The van der Waals surface area contributed by atoms with Crippen molar-refractivity contribution in [1.82, 2.24) is 9.97 Å². The zero-order valence-corrected chi connectivity index (χ0v) is 16.1. The molecule has 1 heterocycles. The lowest BCUT2D eigenvalue weighted by Crippen LogP contribution is -2.17. The van der Waals surface area contributed by atoms with Crippen LogP contribution in [0.4, 0.5) is 41.9 Å². The molecule has 2 N–H and O–H groups in total. The Morgan fingerprint density at radius 2 is 1.63 bits per heavy atom. The number of nitro groups is 1. The summed E-state index contributed by atoms with van der Waals surface area (Å²) in [4.78, 5) is 18.6. The Morgan fingerprint density at radius 1 is 1.00 bits per heavy atom. The number of anilines is 4. The first-order chi connectivity index (χ1) is 14.1. The normalized spacial score (nSPS) is 11.1. The summed E-state index contributed by atoms with van der Waals surface area (Å²) in [5, 5.41) is 17.4. The van der Waals surface area contributed by atoms with E-state index < -0.39 is 22.7 Å². The number of alkyl halides is 3. The molecular weight excluding hydrogens is 450 g/mol. The third-order valence-corrected chi connectivity index (χ3v) is 4.38. The first kappa shape index (κ1) is 21.4. The van der Waals surface area contributed by atoms with Crippen molar-refractivity contribution in [3.8, 4) is 5.75 Å². The van der Waals surface area contributed by atoms with Gasteiger partial charge in [-0.1, -0.05) is 29.3 Å². The van der Waals surface area contributed by atoms with Crippen LogP contribution in [0, 0.1) is 10.1 Å². The number of aromatic nitrogens is 2. The summed E-state index contributed by atoms with van der Waals surface area (Å²) < 4.78 is 40.5. The lowest BCUT2D eigenvalue weighted by atomic mass is 10.3. The lowest BCUT2D eigenvalue weighted by molar-refractivity contribution is -0.383. The second-order valence-electron chi connectivity index (χ2n) is 5.60. The van der Waals surface area contributed by atoms with E-state index >= 15 is 0 Å². The summed E-state index contributed by atoms with van der Waals surface area (Å²) in [7, 11) is 0. The standard InChI is InChI=1S/C17H10Cl2F3N5O3/c18-11-2-1-3-12(13(11)19)26-16-14(27(28)29)15(23-8-24-16)25-9-4-6-10(7-5-9)30-17(20,21)22/h1-8H,(H2,23,24,25,26). The molecule has 0 saturated heterocycles. The monoisotopic (exact) mass is 459 g/mol. The fourth-order valence-corrected chi connectivity index (χ4v) is 2.69. The zero-order chi connectivity index (χ0) is 21.9. The predicted octanol–water partition coefficient (Wildman–Crippen LogP) is 6.08. The van der Waals surface area contributed by atoms with Gasteiger partial charge in [-0.3, -0.25) is 10.1 Å². The van der Waals surface area contributed by atoms with Crippen molar-refractivity contribution in [1.29, 1.82) is 0 Å². The molecular formula is C17H10Cl2F3N5O3. The van der Waals surface area contributed by atoms with E-state index in [9.17, 15) is 23.3 Å². The van der Waals surface area contributed by atoms with Gasteiger partial charge in [0, 0.05) is 5.69 Å². The molecule has 2 aromatic carbocycles. The highest BCUT2D eigenvalue weighted by Crippen LogP contribution is 2.37. The molecule has 156 valence electrons. The molecule has 0 radical (unpaired) electrons. The van der Waals surface area contributed by atoms with Crippen LogP contribution in [0.5, 0.6) is 5.75 Å². The number of hydrogen-bond donors (Lipinski definition) is 2. The van der Waals surface area contributed by atoms with Gasteiger partial charge in [-0.15, -0.1) is 13.2 Å². The largest absolute Gasteiger partial charge is 0.573 e. The molecule has 8 nitrogen and oxygen atoms in total. The number of nitrogens with zero attached hydrogens (tertiary/aromatic N) is 3. The summed E-state index contributed by atoms with van der Waals surface area (Å²) in [6.45, 7) is 0. The Balaban J connectivity index is 1.89. The van der Waals surface area contributed by atoms with E-state index in [-0.39, 0.29) is 33.1 Å². The molecule has 0 spiro atoms. The molecule has 0 unspecified atom stereocenters. The number of ether oxygens (including phenoxy) is 1. The number of rotatable bonds is 6. The van der Waals surface area contributed by atoms with Crippen molar-refractivity contribution < 1.29 is 22.8 Å². The molecule has 0 aliphatic rings. The van der Waals surface area contributed by atoms with Gasteiger partial charge in [0.2, 0.25) is 11.6 Å². The smallest absolute Gasteiger partial charge is 0.406 e. The summed E-state index contributed by atoms with van der Waals surface area (Å²) in [5.41, 5.74) is 0.00721. The fraction of sp³-hybridized carbons (Fsp3) is 0.0588.